The summed E-state index contributed by atoms with van der Waals surface area (Å²) in [7, 11) is 0. The summed E-state index contributed by atoms with van der Waals surface area (Å²) in [5, 5.41) is 3.46. The van der Waals surface area contributed by atoms with Crippen LogP contribution in [0.5, 0.6) is 0 Å². The fourth-order valence-corrected chi connectivity index (χ4v) is 2.97. The van der Waals surface area contributed by atoms with Crippen LogP contribution in [0.3, 0.4) is 0 Å². The van der Waals surface area contributed by atoms with Crippen molar-refractivity contribution in [1.29, 1.82) is 0 Å². The zero-order valence-electron chi connectivity index (χ0n) is 15.7. The molecular formula is C22H26N4. The van der Waals surface area contributed by atoms with Crippen LogP contribution in [0.15, 0.2) is 60.7 Å². The standard InChI is InChI=1S/C22H26N4/c1-4-26(5-2)21-15-20(23-16-18-11-9-10-17(3)14-18)24-22(25-21)19-12-7-6-8-13-19/h6-15H,4-5,16H2,1-3H3,(H,23,24,25). The monoisotopic (exact) mass is 346 g/mol. The highest BCUT2D eigenvalue weighted by Gasteiger charge is 2.10. The number of rotatable bonds is 7. The molecule has 1 N–H and O–H groups in total. The van der Waals surface area contributed by atoms with Crippen LogP contribution in [0.4, 0.5) is 11.6 Å². The van der Waals surface area contributed by atoms with E-state index >= 15 is 0 Å². The molecule has 1 heterocycles. The third kappa shape index (κ3) is 4.39. The number of hydrogen-bond donors (Lipinski definition) is 1. The van der Waals surface area contributed by atoms with Gasteiger partial charge in [-0.2, -0.15) is 0 Å². The third-order valence-corrected chi connectivity index (χ3v) is 4.39. The molecule has 1 aromatic heterocycles. The van der Waals surface area contributed by atoms with Gasteiger partial charge in [-0.1, -0.05) is 60.2 Å². The lowest BCUT2D eigenvalue weighted by Gasteiger charge is -2.21. The first-order valence-electron chi connectivity index (χ1n) is 9.18. The number of hydrogen-bond acceptors (Lipinski definition) is 4. The lowest BCUT2D eigenvalue weighted by atomic mass is 10.1. The van der Waals surface area contributed by atoms with Gasteiger partial charge in [0.05, 0.1) is 0 Å². The summed E-state index contributed by atoms with van der Waals surface area (Å²) >= 11 is 0. The first kappa shape index (κ1) is 17.9. The van der Waals surface area contributed by atoms with Crippen LogP contribution in [0, 0.1) is 6.92 Å². The molecule has 4 nitrogen and oxygen atoms in total. The number of aryl methyl sites for hydroxylation is 1. The summed E-state index contributed by atoms with van der Waals surface area (Å²) in [4.78, 5) is 11.8. The van der Waals surface area contributed by atoms with E-state index in [1.807, 2.05) is 36.4 Å². The minimum absolute atomic E-state index is 0.741. The van der Waals surface area contributed by atoms with E-state index in [0.29, 0.717) is 0 Å². The van der Waals surface area contributed by atoms with E-state index in [2.05, 4.69) is 55.3 Å². The van der Waals surface area contributed by atoms with Crippen molar-refractivity contribution >= 4 is 11.6 Å². The molecule has 0 aliphatic carbocycles. The lowest BCUT2D eigenvalue weighted by molar-refractivity contribution is 0.842. The molecule has 0 aliphatic heterocycles. The van der Waals surface area contributed by atoms with Crippen molar-refractivity contribution in [2.45, 2.75) is 27.3 Å². The SMILES string of the molecule is CCN(CC)c1cc(NCc2cccc(C)c2)nc(-c2ccccc2)n1. The molecule has 0 saturated carbocycles. The van der Waals surface area contributed by atoms with Crippen molar-refractivity contribution in [2.75, 3.05) is 23.3 Å². The Morgan fingerprint density at radius 3 is 2.35 bits per heavy atom. The zero-order valence-corrected chi connectivity index (χ0v) is 15.7. The van der Waals surface area contributed by atoms with E-state index < -0.39 is 0 Å². The van der Waals surface area contributed by atoms with E-state index in [-0.39, 0.29) is 0 Å². The van der Waals surface area contributed by atoms with Crippen molar-refractivity contribution in [2.24, 2.45) is 0 Å². The van der Waals surface area contributed by atoms with Gasteiger partial charge in [0.25, 0.3) is 0 Å². The molecule has 0 radical (unpaired) electrons. The van der Waals surface area contributed by atoms with Crippen LogP contribution in [-0.2, 0) is 6.54 Å². The largest absolute Gasteiger partial charge is 0.366 e. The lowest BCUT2D eigenvalue weighted by Crippen LogP contribution is -2.23. The molecule has 0 bridgehead atoms. The highest BCUT2D eigenvalue weighted by molar-refractivity contribution is 5.61. The quantitative estimate of drug-likeness (QED) is 0.660. The van der Waals surface area contributed by atoms with Crippen LogP contribution in [0.2, 0.25) is 0 Å². The maximum atomic E-state index is 4.79. The average molecular weight is 346 g/mol. The maximum absolute atomic E-state index is 4.79. The fraction of sp³-hybridized carbons (Fsp3) is 0.273. The third-order valence-electron chi connectivity index (χ3n) is 4.39. The smallest absolute Gasteiger partial charge is 0.163 e. The molecule has 4 heteroatoms. The van der Waals surface area contributed by atoms with Gasteiger partial charge in [-0.3, -0.25) is 0 Å². The molecular weight excluding hydrogens is 320 g/mol. The van der Waals surface area contributed by atoms with Crippen LogP contribution in [-0.4, -0.2) is 23.1 Å². The Labute approximate surface area is 155 Å². The number of benzene rings is 2. The van der Waals surface area contributed by atoms with E-state index in [1.165, 1.54) is 11.1 Å². The topological polar surface area (TPSA) is 41.0 Å². The highest BCUT2D eigenvalue weighted by Crippen LogP contribution is 2.23. The molecule has 0 spiro atoms. The Balaban J connectivity index is 1.91. The normalized spacial score (nSPS) is 10.6. The van der Waals surface area contributed by atoms with Crippen molar-refractivity contribution < 1.29 is 0 Å². The Morgan fingerprint density at radius 1 is 0.885 bits per heavy atom. The fourth-order valence-electron chi connectivity index (χ4n) is 2.97. The van der Waals surface area contributed by atoms with Gasteiger partial charge in [0, 0.05) is 31.3 Å². The van der Waals surface area contributed by atoms with Crippen molar-refractivity contribution in [3.63, 3.8) is 0 Å². The molecule has 0 amide bonds. The first-order chi connectivity index (χ1) is 12.7. The van der Waals surface area contributed by atoms with Crippen LogP contribution >= 0.6 is 0 Å². The van der Waals surface area contributed by atoms with Crippen LogP contribution in [0.1, 0.15) is 25.0 Å². The van der Waals surface area contributed by atoms with Gasteiger partial charge < -0.3 is 10.2 Å². The predicted molar refractivity (Wildman–Crippen MR) is 110 cm³/mol. The summed E-state index contributed by atoms with van der Waals surface area (Å²) in [6.45, 7) is 8.98. The predicted octanol–water partition coefficient (Wildman–Crippen LogP) is 4.91. The Morgan fingerprint density at radius 2 is 1.65 bits per heavy atom. The summed E-state index contributed by atoms with van der Waals surface area (Å²) in [5.74, 6) is 2.56. The number of aromatic nitrogens is 2. The van der Waals surface area contributed by atoms with E-state index in [1.54, 1.807) is 0 Å². The number of nitrogens with zero attached hydrogens (tertiary/aromatic N) is 3. The van der Waals surface area contributed by atoms with Gasteiger partial charge in [-0.05, 0) is 26.3 Å². The molecule has 0 atom stereocenters. The van der Waals surface area contributed by atoms with E-state index in [0.717, 1.165) is 42.7 Å². The van der Waals surface area contributed by atoms with Crippen molar-refractivity contribution in [3.8, 4) is 11.4 Å². The van der Waals surface area contributed by atoms with Crippen molar-refractivity contribution in [3.05, 3.63) is 71.8 Å². The van der Waals surface area contributed by atoms with E-state index in [4.69, 9.17) is 9.97 Å². The minimum Gasteiger partial charge on any atom is -0.366 e. The molecule has 0 aliphatic rings. The summed E-state index contributed by atoms with van der Waals surface area (Å²) in [6, 6.07) is 20.7. The summed E-state index contributed by atoms with van der Waals surface area (Å²) in [6.07, 6.45) is 0. The summed E-state index contributed by atoms with van der Waals surface area (Å²) < 4.78 is 0. The number of nitrogens with one attached hydrogen (secondary N) is 1. The molecule has 134 valence electrons. The van der Waals surface area contributed by atoms with Crippen LogP contribution < -0.4 is 10.2 Å². The zero-order chi connectivity index (χ0) is 18.4. The number of anilines is 2. The first-order valence-corrected chi connectivity index (χ1v) is 9.18. The highest BCUT2D eigenvalue weighted by atomic mass is 15.2. The van der Waals surface area contributed by atoms with Gasteiger partial charge in [-0.15, -0.1) is 0 Å². The molecule has 0 fully saturated rings. The Hall–Kier alpha value is -2.88. The van der Waals surface area contributed by atoms with Gasteiger partial charge >= 0.3 is 0 Å². The maximum Gasteiger partial charge on any atom is 0.163 e. The van der Waals surface area contributed by atoms with Crippen LogP contribution in [0.25, 0.3) is 11.4 Å². The molecule has 26 heavy (non-hydrogen) atoms. The second kappa shape index (κ2) is 8.48. The minimum atomic E-state index is 0.741. The molecule has 3 rings (SSSR count). The van der Waals surface area contributed by atoms with Gasteiger partial charge in [0.1, 0.15) is 11.6 Å². The summed E-state index contributed by atoms with van der Waals surface area (Å²) in [5.41, 5.74) is 3.54. The van der Waals surface area contributed by atoms with Gasteiger partial charge in [-0.25, -0.2) is 9.97 Å². The van der Waals surface area contributed by atoms with E-state index in [9.17, 15) is 0 Å². The average Bonchev–Trinajstić information content (AvgIpc) is 2.68. The van der Waals surface area contributed by atoms with Gasteiger partial charge in [0.2, 0.25) is 0 Å². The Bertz CT molecular complexity index is 842. The molecule has 0 saturated heterocycles. The second-order valence-corrected chi connectivity index (χ2v) is 6.32. The molecule has 3 aromatic rings. The van der Waals surface area contributed by atoms with Gasteiger partial charge in [0.15, 0.2) is 5.82 Å². The molecule has 2 aromatic carbocycles. The molecule has 0 unspecified atom stereocenters. The second-order valence-electron chi connectivity index (χ2n) is 6.32. The Kier molecular flexibility index (Phi) is 5.84. The van der Waals surface area contributed by atoms with Crippen molar-refractivity contribution in [1.82, 2.24) is 9.97 Å².